The number of rotatable bonds is 12. The van der Waals surface area contributed by atoms with Crippen molar-refractivity contribution >= 4 is 5.97 Å². The standard InChI is InChI=1S/C22H30F6O2/c1-3-5-7-9-11-17(12-10-8-6-4-2)30-20(29)18-15-16(21(23,24)25)13-14-19(18)22(26,27)28/h13-15,17H,3-12H2,1-2H3. The van der Waals surface area contributed by atoms with Gasteiger partial charge < -0.3 is 4.74 Å². The van der Waals surface area contributed by atoms with Gasteiger partial charge in [0, 0.05) is 0 Å². The number of unbranched alkanes of at least 4 members (excludes halogenated alkanes) is 6. The summed E-state index contributed by atoms with van der Waals surface area (Å²) in [6.45, 7) is 4.07. The molecule has 0 saturated carbocycles. The smallest absolute Gasteiger partial charge is 0.417 e. The fourth-order valence-electron chi connectivity index (χ4n) is 3.21. The second kappa shape index (κ2) is 12.2. The van der Waals surface area contributed by atoms with E-state index in [1.807, 2.05) is 13.8 Å². The van der Waals surface area contributed by atoms with E-state index < -0.39 is 41.1 Å². The number of benzene rings is 1. The predicted molar refractivity (Wildman–Crippen MR) is 103 cm³/mol. The third kappa shape index (κ3) is 8.96. The van der Waals surface area contributed by atoms with Crippen molar-refractivity contribution in [3.63, 3.8) is 0 Å². The second-order valence-corrected chi connectivity index (χ2v) is 7.48. The lowest BCUT2D eigenvalue weighted by atomic mass is 10.0. The maximum absolute atomic E-state index is 13.3. The van der Waals surface area contributed by atoms with Crippen LogP contribution in [0.1, 0.15) is 99.5 Å². The Morgan fingerprint density at radius 2 is 1.37 bits per heavy atom. The van der Waals surface area contributed by atoms with Gasteiger partial charge in [0.05, 0.1) is 16.7 Å². The monoisotopic (exact) mass is 440 g/mol. The maximum Gasteiger partial charge on any atom is 0.417 e. The molecule has 0 amide bonds. The Bertz CT molecular complexity index is 640. The minimum absolute atomic E-state index is 0.233. The first kappa shape index (κ1) is 26.3. The molecule has 1 aromatic rings. The molecule has 0 radical (unpaired) electrons. The van der Waals surface area contributed by atoms with E-state index in [-0.39, 0.29) is 12.1 Å². The minimum Gasteiger partial charge on any atom is -0.459 e. The quantitative estimate of drug-likeness (QED) is 0.186. The van der Waals surface area contributed by atoms with Gasteiger partial charge in [-0.25, -0.2) is 4.79 Å². The lowest BCUT2D eigenvalue weighted by Gasteiger charge is -2.20. The summed E-state index contributed by atoms with van der Waals surface area (Å²) in [6, 6.07) is 0.847. The van der Waals surface area contributed by atoms with Crippen LogP contribution < -0.4 is 0 Å². The highest BCUT2D eigenvalue weighted by molar-refractivity contribution is 5.91. The van der Waals surface area contributed by atoms with E-state index >= 15 is 0 Å². The number of halogens is 6. The van der Waals surface area contributed by atoms with Gasteiger partial charge in [0.1, 0.15) is 6.10 Å². The summed E-state index contributed by atoms with van der Waals surface area (Å²) in [5.74, 6) is -1.36. The van der Waals surface area contributed by atoms with Gasteiger partial charge >= 0.3 is 18.3 Å². The van der Waals surface area contributed by atoms with Crippen molar-refractivity contribution < 1.29 is 35.9 Å². The second-order valence-electron chi connectivity index (χ2n) is 7.48. The fourth-order valence-corrected chi connectivity index (χ4v) is 3.21. The van der Waals surface area contributed by atoms with Gasteiger partial charge in [0.25, 0.3) is 0 Å². The molecule has 8 heteroatoms. The van der Waals surface area contributed by atoms with Crippen LogP contribution in [0.4, 0.5) is 26.3 Å². The summed E-state index contributed by atoms with van der Waals surface area (Å²) in [7, 11) is 0. The highest BCUT2D eigenvalue weighted by Crippen LogP contribution is 2.37. The van der Waals surface area contributed by atoms with Crippen LogP contribution in [0.3, 0.4) is 0 Å². The van der Waals surface area contributed by atoms with Crippen LogP contribution in [0.15, 0.2) is 18.2 Å². The van der Waals surface area contributed by atoms with Gasteiger partial charge in [0.2, 0.25) is 0 Å². The van der Waals surface area contributed by atoms with Crippen LogP contribution in [0.25, 0.3) is 0 Å². The average Bonchev–Trinajstić information content (AvgIpc) is 2.66. The summed E-state index contributed by atoms with van der Waals surface area (Å²) in [5.41, 5.74) is -3.83. The summed E-state index contributed by atoms with van der Waals surface area (Å²) in [4.78, 5) is 12.5. The lowest BCUT2D eigenvalue weighted by Crippen LogP contribution is -2.22. The molecule has 0 heterocycles. The van der Waals surface area contributed by atoms with Crippen molar-refractivity contribution in [2.75, 3.05) is 0 Å². The maximum atomic E-state index is 13.3. The Kier molecular flexibility index (Phi) is 10.7. The summed E-state index contributed by atoms with van der Waals surface area (Å²) in [6.07, 6.45) is -2.20. The molecule has 0 aromatic heterocycles. The van der Waals surface area contributed by atoms with Crippen LogP contribution in [-0.4, -0.2) is 12.1 Å². The van der Waals surface area contributed by atoms with Crippen molar-refractivity contribution in [2.45, 2.75) is 96.5 Å². The van der Waals surface area contributed by atoms with Gasteiger partial charge in [-0.15, -0.1) is 0 Å². The molecule has 0 atom stereocenters. The summed E-state index contributed by atoms with van der Waals surface area (Å²) >= 11 is 0. The number of alkyl halides is 6. The van der Waals surface area contributed by atoms with Crippen molar-refractivity contribution in [3.8, 4) is 0 Å². The largest absolute Gasteiger partial charge is 0.459 e. The zero-order valence-electron chi connectivity index (χ0n) is 17.5. The lowest BCUT2D eigenvalue weighted by molar-refractivity contribution is -0.141. The number of ether oxygens (including phenoxy) is 1. The molecule has 0 fully saturated rings. The summed E-state index contributed by atoms with van der Waals surface area (Å²) < 4.78 is 84.0. The van der Waals surface area contributed by atoms with E-state index in [9.17, 15) is 31.1 Å². The number of esters is 1. The van der Waals surface area contributed by atoms with E-state index in [2.05, 4.69) is 0 Å². The molecular formula is C22H30F6O2. The molecule has 0 bridgehead atoms. The third-order valence-electron chi connectivity index (χ3n) is 4.91. The third-order valence-corrected chi connectivity index (χ3v) is 4.91. The Hall–Kier alpha value is -1.73. The molecule has 0 unspecified atom stereocenters. The highest BCUT2D eigenvalue weighted by Gasteiger charge is 2.39. The first-order valence-corrected chi connectivity index (χ1v) is 10.5. The van der Waals surface area contributed by atoms with Crippen LogP contribution >= 0.6 is 0 Å². The zero-order chi connectivity index (χ0) is 22.8. The molecule has 0 spiro atoms. The van der Waals surface area contributed by atoms with Crippen molar-refractivity contribution in [1.82, 2.24) is 0 Å². The minimum atomic E-state index is -4.96. The first-order chi connectivity index (χ1) is 14.0. The Morgan fingerprint density at radius 3 is 1.80 bits per heavy atom. The van der Waals surface area contributed by atoms with Gasteiger partial charge in [0.15, 0.2) is 0 Å². The van der Waals surface area contributed by atoms with Crippen LogP contribution in [-0.2, 0) is 17.1 Å². The van der Waals surface area contributed by atoms with Crippen molar-refractivity contribution in [1.29, 1.82) is 0 Å². The van der Waals surface area contributed by atoms with Crippen LogP contribution in [0, 0.1) is 0 Å². The van der Waals surface area contributed by atoms with Gasteiger partial charge in [-0.2, -0.15) is 26.3 Å². The molecule has 2 nitrogen and oxygen atoms in total. The average molecular weight is 440 g/mol. The Morgan fingerprint density at radius 1 is 0.833 bits per heavy atom. The molecule has 1 aromatic carbocycles. The topological polar surface area (TPSA) is 26.3 Å². The molecule has 1 rings (SSSR count). The molecule has 0 aliphatic rings. The van der Waals surface area contributed by atoms with E-state index in [1.54, 1.807) is 0 Å². The van der Waals surface area contributed by atoms with Gasteiger partial charge in [-0.05, 0) is 43.9 Å². The summed E-state index contributed by atoms with van der Waals surface area (Å²) in [5, 5.41) is 0. The number of hydrogen-bond acceptors (Lipinski definition) is 2. The van der Waals surface area contributed by atoms with Crippen molar-refractivity contribution in [3.05, 3.63) is 34.9 Å². The highest BCUT2D eigenvalue weighted by atomic mass is 19.4. The van der Waals surface area contributed by atoms with E-state index in [1.165, 1.54) is 0 Å². The molecule has 0 N–H and O–H groups in total. The van der Waals surface area contributed by atoms with Gasteiger partial charge in [-0.3, -0.25) is 0 Å². The molecule has 0 saturated heterocycles. The number of hydrogen-bond donors (Lipinski definition) is 0. The molecule has 172 valence electrons. The Labute approximate surface area is 174 Å². The van der Waals surface area contributed by atoms with E-state index in [0.29, 0.717) is 18.9 Å². The van der Waals surface area contributed by atoms with Crippen LogP contribution in [0.5, 0.6) is 0 Å². The van der Waals surface area contributed by atoms with E-state index in [4.69, 9.17) is 4.74 Å². The molecule has 30 heavy (non-hydrogen) atoms. The van der Waals surface area contributed by atoms with Crippen LogP contribution in [0.2, 0.25) is 0 Å². The fraction of sp³-hybridized carbons (Fsp3) is 0.682. The van der Waals surface area contributed by atoms with E-state index in [0.717, 1.165) is 51.4 Å². The molecule has 0 aliphatic heterocycles. The SMILES string of the molecule is CCCCCCC(CCCCCC)OC(=O)c1cc(C(F)(F)F)ccc1C(F)(F)F. The number of carbonyl (C=O) groups excluding carboxylic acids is 1. The molecule has 0 aliphatic carbocycles. The first-order valence-electron chi connectivity index (χ1n) is 10.5. The number of carbonyl (C=O) groups is 1. The normalized spacial score (nSPS) is 12.4. The zero-order valence-corrected chi connectivity index (χ0v) is 17.5. The van der Waals surface area contributed by atoms with Crippen molar-refractivity contribution in [2.24, 2.45) is 0 Å². The molecular weight excluding hydrogens is 410 g/mol. The Balaban J connectivity index is 3.03. The van der Waals surface area contributed by atoms with Gasteiger partial charge in [-0.1, -0.05) is 52.4 Å². The predicted octanol–water partition coefficient (Wildman–Crippen LogP) is 8.19.